The fraction of sp³-hybridized carbons (Fsp3) is 0.400. The summed E-state index contributed by atoms with van der Waals surface area (Å²) in [6, 6.07) is 3.92. The van der Waals surface area contributed by atoms with Gasteiger partial charge in [-0.1, -0.05) is 12.1 Å². The molecular formula is C10H12F3N. The summed E-state index contributed by atoms with van der Waals surface area (Å²) < 4.78 is 38.0. The second-order valence-electron chi connectivity index (χ2n) is 3.55. The lowest BCUT2D eigenvalue weighted by Gasteiger charge is -2.24. The maximum Gasteiger partial charge on any atom is 0.260 e. The predicted molar refractivity (Wildman–Crippen MR) is 48.7 cm³/mol. The van der Waals surface area contributed by atoms with Gasteiger partial charge in [0, 0.05) is 0 Å². The Hall–Kier alpha value is -1.03. The molecule has 1 unspecified atom stereocenters. The van der Waals surface area contributed by atoms with Gasteiger partial charge in [0.05, 0.1) is 5.54 Å². The van der Waals surface area contributed by atoms with E-state index in [4.69, 9.17) is 5.73 Å². The molecule has 0 amide bonds. The van der Waals surface area contributed by atoms with Gasteiger partial charge < -0.3 is 5.73 Å². The zero-order valence-corrected chi connectivity index (χ0v) is 8.02. The van der Waals surface area contributed by atoms with Crippen LogP contribution < -0.4 is 5.73 Å². The minimum absolute atomic E-state index is 0.107. The van der Waals surface area contributed by atoms with Crippen LogP contribution in [0.5, 0.6) is 0 Å². The van der Waals surface area contributed by atoms with Crippen molar-refractivity contribution in [1.82, 2.24) is 0 Å². The monoisotopic (exact) mass is 203 g/mol. The lowest BCUT2D eigenvalue weighted by atomic mass is 9.93. The van der Waals surface area contributed by atoms with E-state index in [1.54, 1.807) is 6.92 Å². The second-order valence-corrected chi connectivity index (χ2v) is 3.55. The molecule has 0 heterocycles. The Morgan fingerprint density at radius 3 is 2.36 bits per heavy atom. The van der Waals surface area contributed by atoms with Crippen LogP contribution in [0.2, 0.25) is 0 Å². The average Bonchev–Trinajstić information content (AvgIpc) is 2.09. The van der Waals surface area contributed by atoms with Crippen LogP contribution in [-0.4, -0.2) is 6.43 Å². The van der Waals surface area contributed by atoms with E-state index in [-0.39, 0.29) is 5.56 Å². The molecule has 2 N–H and O–H groups in total. The highest BCUT2D eigenvalue weighted by atomic mass is 19.3. The number of hydrogen-bond acceptors (Lipinski definition) is 1. The molecule has 0 bridgehead atoms. The number of alkyl halides is 2. The Bertz CT molecular complexity index is 334. The Balaban J connectivity index is 3.14. The maximum absolute atomic E-state index is 13.1. The molecule has 1 aromatic rings. The molecule has 0 aliphatic rings. The molecule has 0 spiro atoms. The Morgan fingerprint density at radius 1 is 1.36 bits per heavy atom. The zero-order chi connectivity index (χ0) is 10.9. The summed E-state index contributed by atoms with van der Waals surface area (Å²) in [5.41, 5.74) is 4.11. The summed E-state index contributed by atoms with van der Waals surface area (Å²) in [5.74, 6) is -0.514. The minimum atomic E-state index is -2.72. The quantitative estimate of drug-likeness (QED) is 0.785. The minimum Gasteiger partial charge on any atom is -0.317 e. The number of rotatable bonds is 2. The van der Waals surface area contributed by atoms with E-state index in [1.165, 1.54) is 19.1 Å². The first-order valence-electron chi connectivity index (χ1n) is 4.19. The predicted octanol–water partition coefficient (Wildman–Crippen LogP) is 2.57. The largest absolute Gasteiger partial charge is 0.317 e. The topological polar surface area (TPSA) is 26.0 Å². The first kappa shape index (κ1) is 11.0. The summed E-state index contributed by atoms with van der Waals surface area (Å²) in [6.07, 6.45) is -2.72. The summed E-state index contributed by atoms with van der Waals surface area (Å²) >= 11 is 0. The molecule has 0 saturated heterocycles. The molecule has 0 aliphatic carbocycles. The summed E-state index contributed by atoms with van der Waals surface area (Å²) in [6.45, 7) is 2.75. The number of benzene rings is 1. The lowest BCUT2D eigenvalue weighted by Crippen LogP contribution is -2.40. The average molecular weight is 203 g/mol. The van der Waals surface area contributed by atoms with Crippen molar-refractivity contribution in [3.63, 3.8) is 0 Å². The SMILES string of the molecule is Cc1ccc(C(C)(N)C(F)F)cc1F. The molecule has 0 aliphatic heterocycles. The standard InChI is InChI=1S/C10H12F3N/c1-6-3-4-7(5-8(6)11)10(2,14)9(12)13/h3-5,9H,14H2,1-2H3. The van der Waals surface area contributed by atoms with Gasteiger partial charge in [-0.2, -0.15) is 0 Å². The number of hydrogen-bond donors (Lipinski definition) is 1. The molecule has 78 valence electrons. The molecular weight excluding hydrogens is 191 g/mol. The van der Waals surface area contributed by atoms with Gasteiger partial charge >= 0.3 is 0 Å². The van der Waals surface area contributed by atoms with Gasteiger partial charge in [-0.25, -0.2) is 13.2 Å². The number of halogens is 3. The van der Waals surface area contributed by atoms with E-state index in [0.29, 0.717) is 5.56 Å². The molecule has 14 heavy (non-hydrogen) atoms. The highest BCUT2D eigenvalue weighted by molar-refractivity contribution is 5.29. The van der Waals surface area contributed by atoms with Crippen LogP contribution in [0.3, 0.4) is 0 Å². The van der Waals surface area contributed by atoms with E-state index < -0.39 is 17.8 Å². The summed E-state index contributed by atoms with van der Waals surface area (Å²) in [5, 5.41) is 0. The van der Waals surface area contributed by atoms with Crippen molar-refractivity contribution in [2.24, 2.45) is 5.73 Å². The molecule has 1 nitrogen and oxygen atoms in total. The van der Waals surface area contributed by atoms with E-state index in [0.717, 1.165) is 6.07 Å². The highest BCUT2D eigenvalue weighted by Gasteiger charge is 2.32. The van der Waals surface area contributed by atoms with E-state index >= 15 is 0 Å². The van der Waals surface area contributed by atoms with E-state index in [2.05, 4.69) is 0 Å². The summed E-state index contributed by atoms with van der Waals surface area (Å²) in [4.78, 5) is 0. The maximum atomic E-state index is 13.1. The third-order valence-corrected chi connectivity index (χ3v) is 2.25. The third-order valence-electron chi connectivity index (χ3n) is 2.25. The van der Waals surface area contributed by atoms with Crippen LogP contribution in [0.15, 0.2) is 18.2 Å². The molecule has 1 rings (SSSR count). The fourth-order valence-corrected chi connectivity index (χ4v) is 1.05. The Kier molecular flexibility index (Phi) is 2.85. The van der Waals surface area contributed by atoms with E-state index in [1.807, 2.05) is 0 Å². The second kappa shape index (κ2) is 3.61. The Morgan fingerprint density at radius 2 is 1.93 bits per heavy atom. The van der Waals surface area contributed by atoms with Crippen molar-refractivity contribution >= 4 is 0 Å². The molecule has 0 saturated carbocycles. The Labute approximate surface area is 80.7 Å². The number of aryl methyl sites for hydroxylation is 1. The van der Waals surface area contributed by atoms with E-state index in [9.17, 15) is 13.2 Å². The van der Waals surface area contributed by atoms with Crippen LogP contribution in [0.4, 0.5) is 13.2 Å². The van der Waals surface area contributed by atoms with Crippen LogP contribution in [-0.2, 0) is 5.54 Å². The van der Waals surface area contributed by atoms with Crippen LogP contribution in [0.1, 0.15) is 18.1 Å². The fourth-order valence-electron chi connectivity index (χ4n) is 1.05. The van der Waals surface area contributed by atoms with Gasteiger partial charge in [0.25, 0.3) is 6.43 Å². The zero-order valence-electron chi connectivity index (χ0n) is 8.02. The molecule has 0 aromatic heterocycles. The van der Waals surface area contributed by atoms with Gasteiger partial charge in [0.1, 0.15) is 5.82 Å². The summed E-state index contributed by atoms with van der Waals surface area (Å²) in [7, 11) is 0. The highest BCUT2D eigenvalue weighted by Crippen LogP contribution is 2.26. The van der Waals surface area contributed by atoms with Gasteiger partial charge in [-0.05, 0) is 31.0 Å². The first-order chi connectivity index (χ1) is 6.35. The molecule has 4 heteroatoms. The van der Waals surface area contributed by atoms with Gasteiger partial charge in [0.2, 0.25) is 0 Å². The molecule has 1 atom stereocenters. The molecule has 1 aromatic carbocycles. The first-order valence-corrected chi connectivity index (χ1v) is 4.19. The third kappa shape index (κ3) is 1.90. The normalized spacial score (nSPS) is 15.6. The van der Waals surface area contributed by atoms with Crippen LogP contribution >= 0.6 is 0 Å². The van der Waals surface area contributed by atoms with Crippen molar-refractivity contribution in [2.45, 2.75) is 25.8 Å². The van der Waals surface area contributed by atoms with Crippen molar-refractivity contribution in [2.75, 3.05) is 0 Å². The van der Waals surface area contributed by atoms with Crippen molar-refractivity contribution in [3.8, 4) is 0 Å². The van der Waals surface area contributed by atoms with Gasteiger partial charge in [0.15, 0.2) is 0 Å². The lowest BCUT2D eigenvalue weighted by molar-refractivity contribution is 0.0623. The van der Waals surface area contributed by atoms with Crippen molar-refractivity contribution < 1.29 is 13.2 Å². The van der Waals surface area contributed by atoms with Crippen LogP contribution in [0, 0.1) is 12.7 Å². The van der Waals surface area contributed by atoms with Gasteiger partial charge in [-0.15, -0.1) is 0 Å². The van der Waals surface area contributed by atoms with Crippen molar-refractivity contribution in [3.05, 3.63) is 35.1 Å². The van der Waals surface area contributed by atoms with Gasteiger partial charge in [-0.3, -0.25) is 0 Å². The van der Waals surface area contributed by atoms with Crippen molar-refractivity contribution in [1.29, 1.82) is 0 Å². The van der Waals surface area contributed by atoms with Crippen LogP contribution in [0.25, 0.3) is 0 Å². The smallest absolute Gasteiger partial charge is 0.260 e. The number of nitrogens with two attached hydrogens (primary N) is 1. The molecule has 0 fully saturated rings. The molecule has 0 radical (unpaired) electrons.